The maximum absolute atomic E-state index is 13.7. The van der Waals surface area contributed by atoms with Gasteiger partial charge in [0.25, 0.3) is 0 Å². The summed E-state index contributed by atoms with van der Waals surface area (Å²) in [6.45, 7) is 8.50. The van der Waals surface area contributed by atoms with Gasteiger partial charge in [-0.3, -0.25) is 13.9 Å². The Labute approximate surface area is 228 Å². The first-order valence-corrected chi connectivity index (χ1v) is 14.3. The summed E-state index contributed by atoms with van der Waals surface area (Å²) in [5, 5.41) is 4.12. The van der Waals surface area contributed by atoms with Gasteiger partial charge in [-0.1, -0.05) is 47.8 Å². The van der Waals surface area contributed by atoms with Crippen LogP contribution < -0.4 is 9.62 Å². The number of carbonyl (C=O) groups is 2. The van der Waals surface area contributed by atoms with E-state index >= 15 is 0 Å². The van der Waals surface area contributed by atoms with Crippen LogP contribution in [-0.4, -0.2) is 49.5 Å². The first-order chi connectivity index (χ1) is 16.5. The number of amides is 2. The maximum Gasteiger partial charge on any atom is 0.244 e. The molecule has 1 N–H and O–H groups in total. The molecule has 0 unspecified atom stereocenters. The van der Waals surface area contributed by atoms with Crippen LogP contribution in [0.15, 0.2) is 36.4 Å². The average molecular weight is 577 g/mol. The maximum atomic E-state index is 13.7. The van der Waals surface area contributed by atoms with Gasteiger partial charge in [-0.25, -0.2) is 8.42 Å². The fourth-order valence-corrected chi connectivity index (χ4v) is 5.30. The Kier molecular flexibility index (Phi) is 10.1. The van der Waals surface area contributed by atoms with Crippen molar-refractivity contribution in [3.05, 3.63) is 62.6 Å². The van der Waals surface area contributed by atoms with Gasteiger partial charge < -0.3 is 10.2 Å². The second-order valence-corrected chi connectivity index (χ2v) is 12.8. The van der Waals surface area contributed by atoms with Crippen LogP contribution in [0.25, 0.3) is 0 Å². The zero-order valence-corrected chi connectivity index (χ0v) is 24.3. The molecule has 0 bridgehead atoms. The second-order valence-electron chi connectivity index (χ2n) is 9.62. The minimum Gasteiger partial charge on any atom is -0.350 e. The molecule has 198 valence electrons. The van der Waals surface area contributed by atoms with Crippen LogP contribution in [0.5, 0.6) is 0 Å². The molecule has 0 radical (unpaired) electrons. The molecular weight excluding hydrogens is 545 g/mol. The van der Waals surface area contributed by atoms with Crippen molar-refractivity contribution in [1.82, 2.24) is 10.2 Å². The Morgan fingerprint density at radius 3 is 2.11 bits per heavy atom. The molecular formula is C25H32Cl3N3O4S. The first kappa shape index (κ1) is 30.2. The smallest absolute Gasteiger partial charge is 0.244 e. The van der Waals surface area contributed by atoms with Crippen LogP contribution >= 0.6 is 34.8 Å². The quantitative estimate of drug-likeness (QED) is 0.430. The van der Waals surface area contributed by atoms with Gasteiger partial charge in [0, 0.05) is 27.2 Å². The van der Waals surface area contributed by atoms with Crippen LogP contribution in [0.2, 0.25) is 15.1 Å². The molecule has 36 heavy (non-hydrogen) atoms. The van der Waals surface area contributed by atoms with Crippen LogP contribution in [0.4, 0.5) is 5.69 Å². The fraction of sp³-hybridized carbons (Fsp3) is 0.440. The van der Waals surface area contributed by atoms with Gasteiger partial charge >= 0.3 is 0 Å². The van der Waals surface area contributed by atoms with E-state index in [9.17, 15) is 18.0 Å². The molecule has 0 aliphatic carbocycles. The average Bonchev–Trinajstić information content (AvgIpc) is 2.71. The van der Waals surface area contributed by atoms with E-state index in [1.807, 2.05) is 20.8 Å². The highest BCUT2D eigenvalue weighted by molar-refractivity contribution is 7.92. The van der Waals surface area contributed by atoms with E-state index in [4.69, 9.17) is 34.8 Å². The highest BCUT2D eigenvalue weighted by Crippen LogP contribution is 2.27. The third-order valence-electron chi connectivity index (χ3n) is 5.35. The topological polar surface area (TPSA) is 86.8 Å². The number of aryl methyl sites for hydroxylation is 1. The highest BCUT2D eigenvalue weighted by Gasteiger charge is 2.33. The number of hydrogen-bond acceptors (Lipinski definition) is 4. The fourth-order valence-electron chi connectivity index (χ4n) is 3.70. The lowest BCUT2D eigenvalue weighted by Crippen LogP contribution is -2.55. The van der Waals surface area contributed by atoms with Gasteiger partial charge in [-0.15, -0.1) is 0 Å². The molecule has 1 atom stereocenters. The predicted octanol–water partition coefficient (Wildman–Crippen LogP) is 5.44. The molecule has 0 spiro atoms. The molecule has 2 rings (SSSR count). The number of sulfonamides is 1. The summed E-state index contributed by atoms with van der Waals surface area (Å²) >= 11 is 18.5. The molecule has 0 heterocycles. The molecule has 0 saturated carbocycles. The summed E-state index contributed by atoms with van der Waals surface area (Å²) in [5.41, 5.74) is 0.957. The third-order valence-corrected chi connectivity index (χ3v) is 7.30. The van der Waals surface area contributed by atoms with E-state index in [0.29, 0.717) is 38.3 Å². The van der Waals surface area contributed by atoms with E-state index in [1.54, 1.807) is 50.2 Å². The number of rotatable bonds is 9. The Morgan fingerprint density at radius 2 is 1.61 bits per heavy atom. The zero-order valence-electron chi connectivity index (χ0n) is 21.2. The lowest BCUT2D eigenvalue weighted by molar-refractivity contribution is -0.141. The van der Waals surface area contributed by atoms with Gasteiger partial charge in [0.05, 0.1) is 11.9 Å². The monoisotopic (exact) mass is 575 g/mol. The normalized spacial score (nSPS) is 12.7. The van der Waals surface area contributed by atoms with Gasteiger partial charge in [0.15, 0.2) is 0 Å². The lowest BCUT2D eigenvalue weighted by atomic mass is 10.1. The lowest BCUT2D eigenvalue weighted by Gasteiger charge is -2.35. The number of carbonyl (C=O) groups excluding carboxylic acids is 2. The van der Waals surface area contributed by atoms with Crippen molar-refractivity contribution >= 4 is 62.3 Å². The van der Waals surface area contributed by atoms with Gasteiger partial charge in [-0.2, -0.15) is 0 Å². The molecule has 0 aromatic heterocycles. The molecule has 2 amide bonds. The molecule has 7 nitrogen and oxygen atoms in total. The van der Waals surface area contributed by atoms with Crippen LogP contribution in [-0.2, 0) is 26.2 Å². The van der Waals surface area contributed by atoms with Gasteiger partial charge in [0.2, 0.25) is 21.8 Å². The van der Waals surface area contributed by atoms with Crippen molar-refractivity contribution in [1.29, 1.82) is 0 Å². The van der Waals surface area contributed by atoms with Crippen molar-refractivity contribution in [2.75, 3.05) is 17.1 Å². The van der Waals surface area contributed by atoms with Crippen molar-refractivity contribution in [3.8, 4) is 0 Å². The summed E-state index contributed by atoms with van der Waals surface area (Å²) in [7, 11) is -3.85. The summed E-state index contributed by atoms with van der Waals surface area (Å²) < 4.78 is 26.5. The van der Waals surface area contributed by atoms with E-state index in [0.717, 1.165) is 10.6 Å². The number of benzene rings is 2. The molecule has 2 aromatic carbocycles. The van der Waals surface area contributed by atoms with Gasteiger partial charge in [-0.05, 0) is 75.6 Å². The van der Waals surface area contributed by atoms with Crippen molar-refractivity contribution in [2.24, 2.45) is 0 Å². The predicted molar refractivity (Wildman–Crippen MR) is 147 cm³/mol. The number of nitrogens with zero attached hydrogens (tertiary/aromatic N) is 2. The summed E-state index contributed by atoms with van der Waals surface area (Å²) in [4.78, 5) is 28.3. The van der Waals surface area contributed by atoms with Crippen molar-refractivity contribution < 1.29 is 18.0 Å². The number of anilines is 1. The van der Waals surface area contributed by atoms with Crippen LogP contribution in [0, 0.1) is 6.92 Å². The summed E-state index contributed by atoms with van der Waals surface area (Å²) in [6, 6.07) is 8.74. The molecule has 11 heteroatoms. The summed E-state index contributed by atoms with van der Waals surface area (Å²) in [6.07, 6.45) is 1.33. The molecule has 0 fully saturated rings. The highest BCUT2D eigenvalue weighted by atomic mass is 35.5. The summed E-state index contributed by atoms with van der Waals surface area (Å²) in [5.74, 6) is -0.909. The molecule has 0 aliphatic heterocycles. The minimum absolute atomic E-state index is 0.0118. The third kappa shape index (κ3) is 8.26. The SMILES string of the molecule is CC[C@H](C(=O)NC(C)(C)C)N(Cc1ccc(Cl)cc1Cl)C(=O)CN(c1ccc(Cl)cc1C)S(C)(=O)=O. The van der Waals surface area contributed by atoms with Crippen molar-refractivity contribution in [3.63, 3.8) is 0 Å². The van der Waals surface area contributed by atoms with E-state index < -0.39 is 34.1 Å². The van der Waals surface area contributed by atoms with E-state index in [-0.39, 0.29) is 12.5 Å². The van der Waals surface area contributed by atoms with Crippen LogP contribution in [0.1, 0.15) is 45.2 Å². The van der Waals surface area contributed by atoms with E-state index in [1.165, 1.54) is 4.90 Å². The second kappa shape index (κ2) is 12.0. The van der Waals surface area contributed by atoms with Crippen molar-refractivity contribution in [2.45, 2.75) is 59.2 Å². The Hall–Kier alpha value is -2.00. The number of nitrogens with one attached hydrogen (secondary N) is 1. The Morgan fingerprint density at radius 1 is 1.03 bits per heavy atom. The zero-order chi connectivity index (χ0) is 27.4. The largest absolute Gasteiger partial charge is 0.350 e. The van der Waals surface area contributed by atoms with Crippen LogP contribution in [0.3, 0.4) is 0 Å². The molecule has 2 aromatic rings. The van der Waals surface area contributed by atoms with Gasteiger partial charge in [0.1, 0.15) is 12.6 Å². The minimum atomic E-state index is -3.85. The number of hydrogen-bond donors (Lipinski definition) is 1. The Balaban J connectivity index is 2.53. The Bertz CT molecular complexity index is 1230. The first-order valence-electron chi connectivity index (χ1n) is 11.3. The molecule has 0 aliphatic rings. The molecule has 0 saturated heterocycles. The van der Waals surface area contributed by atoms with E-state index in [2.05, 4.69) is 5.32 Å². The standard InChI is InChI=1S/C25H32Cl3N3O4S/c1-7-21(24(33)29-25(3,4)5)30(14-17-8-9-19(27)13-20(17)28)23(32)15-31(36(6,34)35)22-11-10-18(26)12-16(22)2/h8-13,21H,7,14-15H2,1-6H3,(H,29,33)/t21-/m1/s1. The number of halogens is 3.